The number of hydrogen-bond donors (Lipinski definition) is 2. The second-order valence-electron chi connectivity index (χ2n) is 8.87. The van der Waals surface area contributed by atoms with Gasteiger partial charge in [-0.05, 0) is 54.3 Å². The van der Waals surface area contributed by atoms with Gasteiger partial charge in [-0.1, -0.05) is 55.5 Å². The van der Waals surface area contributed by atoms with E-state index in [4.69, 9.17) is 0 Å². The summed E-state index contributed by atoms with van der Waals surface area (Å²) in [5.41, 5.74) is 2.38. The Morgan fingerprint density at radius 2 is 1.74 bits per heavy atom. The summed E-state index contributed by atoms with van der Waals surface area (Å²) in [7, 11) is 0. The van der Waals surface area contributed by atoms with Crippen LogP contribution in [0.15, 0.2) is 66.7 Å². The standard InChI is InChI=1S/C28H31N3O3/c1-3-26(32)30-23-15-13-20(14-16-23)19(2)29-27(33)22-10-7-17-31(18-22)28(34)25-12-6-9-21-8-4-5-11-24(21)25/h4-6,8-9,11-16,19,22H,3,7,10,17-18H2,1-2H3,(H,29,33)(H,30,32). The number of hydrogen-bond acceptors (Lipinski definition) is 3. The fourth-order valence-electron chi connectivity index (χ4n) is 4.48. The van der Waals surface area contributed by atoms with Gasteiger partial charge in [-0.15, -0.1) is 0 Å². The highest BCUT2D eigenvalue weighted by atomic mass is 16.2. The molecule has 2 N–H and O–H groups in total. The fourth-order valence-corrected chi connectivity index (χ4v) is 4.48. The van der Waals surface area contributed by atoms with Gasteiger partial charge < -0.3 is 15.5 Å². The molecule has 3 aromatic rings. The van der Waals surface area contributed by atoms with Gasteiger partial charge in [0, 0.05) is 30.8 Å². The van der Waals surface area contributed by atoms with E-state index >= 15 is 0 Å². The number of nitrogens with zero attached hydrogens (tertiary/aromatic N) is 1. The molecule has 0 aromatic heterocycles. The molecule has 0 saturated carbocycles. The molecule has 176 valence electrons. The lowest BCUT2D eigenvalue weighted by molar-refractivity contribution is -0.127. The fraction of sp³-hybridized carbons (Fsp3) is 0.321. The maximum absolute atomic E-state index is 13.3. The number of amides is 3. The third kappa shape index (κ3) is 5.28. The number of anilines is 1. The normalized spacial score (nSPS) is 16.6. The number of carbonyl (C=O) groups excluding carboxylic acids is 3. The zero-order valence-corrected chi connectivity index (χ0v) is 19.7. The monoisotopic (exact) mass is 457 g/mol. The SMILES string of the molecule is CCC(=O)Nc1ccc(C(C)NC(=O)C2CCCN(C(=O)c3cccc4ccccc34)C2)cc1. The number of likely N-dealkylation sites (tertiary alicyclic amines) is 1. The van der Waals surface area contributed by atoms with Crippen LogP contribution < -0.4 is 10.6 Å². The highest BCUT2D eigenvalue weighted by Crippen LogP contribution is 2.24. The summed E-state index contributed by atoms with van der Waals surface area (Å²) in [6.45, 7) is 4.83. The van der Waals surface area contributed by atoms with Crippen molar-refractivity contribution >= 4 is 34.2 Å². The summed E-state index contributed by atoms with van der Waals surface area (Å²) in [4.78, 5) is 39.7. The second kappa shape index (κ2) is 10.5. The van der Waals surface area contributed by atoms with Crippen molar-refractivity contribution in [2.75, 3.05) is 18.4 Å². The Morgan fingerprint density at radius 3 is 2.50 bits per heavy atom. The first-order valence-corrected chi connectivity index (χ1v) is 11.9. The van der Waals surface area contributed by atoms with Gasteiger partial charge in [-0.2, -0.15) is 0 Å². The third-order valence-corrected chi connectivity index (χ3v) is 6.47. The molecule has 1 fully saturated rings. The van der Waals surface area contributed by atoms with Crippen LogP contribution in [0.2, 0.25) is 0 Å². The molecule has 4 rings (SSSR count). The molecule has 6 nitrogen and oxygen atoms in total. The Kier molecular flexibility index (Phi) is 7.26. The van der Waals surface area contributed by atoms with Crippen molar-refractivity contribution in [1.82, 2.24) is 10.2 Å². The molecule has 34 heavy (non-hydrogen) atoms. The minimum atomic E-state index is -0.238. The largest absolute Gasteiger partial charge is 0.349 e. The van der Waals surface area contributed by atoms with E-state index in [-0.39, 0.29) is 29.7 Å². The van der Waals surface area contributed by atoms with Crippen LogP contribution in [0.3, 0.4) is 0 Å². The molecule has 3 aromatic carbocycles. The minimum absolute atomic E-state index is 0.0212. The van der Waals surface area contributed by atoms with Gasteiger partial charge >= 0.3 is 0 Å². The van der Waals surface area contributed by atoms with E-state index in [0.29, 0.717) is 25.1 Å². The van der Waals surface area contributed by atoms with Crippen molar-refractivity contribution in [3.8, 4) is 0 Å². The lowest BCUT2D eigenvalue weighted by atomic mass is 9.95. The maximum Gasteiger partial charge on any atom is 0.254 e. The number of rotatable bonds is 6. The van der Waals surface area contributed by atoms with Crippen LogP contribution >= 0.6 is 0 Å². The Balaban J connectivity index is 1.39. The summed E-state index contributed by atoms with van der Waals surface area (Å²) in [5.74, 6) is -0.328. The summed E-state index contributed by atoms with van der Waals surface area (Å²) in [6.07, 6.45) is 1.99. The van der Waals surface area contributed by atoms with E-state index in [9.17, 15) is 14.4 Å². The van der Waals surface area contributed by atoms with Crippen LogP contribution in [-0.2, 0) is 9.59 Å². The van der Waals surface area contributed by atoms with E-state index in [0.717, 1.165) is 34.9 Å². The van der Waals surface area contributed by atoms with Gasteiger partial charge in [-0.25, -0.2) is 0 Å². The number of fused-ring (bicyclic) bond motifs is 1. The van der Waals surface area contributed by atoms with Crippen molar-refractivity contribution in [3.05, 3.63) is 77.9 Å². The molecule has 0 radical (unpaired) electrons. The van der Waals surface area contributed by atoms with Gasteiger partial charge in [0.25, 0.3) is 5.91 Å². The molecule has 1 aliphatic rings. The Hall–Kier alpha value is -3.67. The zero-order chi connectivity index (χ0) is 24.1. The summed E-state index contributed by atoms with van der Waals surface area (Å²) in [5, 5.41) is 7.90. The molecule has 1 aliphatic heterocycles. The highest BCUT2D eigenvalue weighted by molar-refractivity contribution is 6.07. The van der Waals surface area contributed by atoms with E-state index in [2.05, 4.69) is 10.6 Å². The lowest BCUT2D eigenvalue weighted by Crippen LogP contribution is -2.45. The van der Waals surface area contributed by atoms with Gasteiger partial charge in [-0.3, -0.25) is 14.4 Å². The molecule has 0 spiro atoms. The maximum atomic E-state index is 13.3. The predicted octanol–water partition coefficient (Wildman–Crippen LogP) is 4.92. The first-order chi connectivity index (χ1) is 16.5. The van der Waals surface area contributed by atoms with E-state index in [1.54, 1.807) is 0 Å². The lowest BCUT2D eigenvalue weighted by Gasteiger charge is -2.33. The van der Waals surface area contributed by atoms with Crippen molar-refractivity contribution in [3.63, 3.8) is 0 Å². The van der Waals surface area contributed by atoms with Crippen molar-refractivity contribution in [2.45, 2.75) is 39.2 Å². The average Bonchev–Trinajstić information content (AvgIpc) is 2.88. The smallest absolute Gasteiger partial charge is 0.254 e. The molecule has 3 amide bonds. The molecule has 2 atom stereocenters. The van der Waals surface area contributed by atoms with Crippen LogP contribution in [-0.4, -0.2) is 35.7 Å². The van der Waals surface area contributed by atoms with E-state index in [1.807, 2.05) is 85.5 Å². The zero-order valence-electron chi connectivity index (χ0n) is 19.7. The molecular formula is C28H31N3O3. The van der Waals surface area contributed by atoms with Crippen LogP contribution in [0.1, 0.15) is 55.1 Å². The molecule has 1 saturated heterocycles. The Morgan fingerprint density at radius 1 is 1.00 bits per heavy atom. The molecular weight excluding hydrogens is 426 g/mol. The van der Waals surface area contributed by atoms with Crippen LogP contribution in [0.25, 0.3) is 10.8 Å². The molecule has 0 bridgehead atoms. The Bertz CT molecular complexity index is 1180. The van der Waals surface area contributed by atoms with Crippen molar-refractivity contribution in [1.29, 1.82) is 0 Å². The number of benzene rings is 3. The van der Waals surface area contributed by atoms with E-state index in [1.165, 1.54) is 0 Å². The number of carbonyl (C=O) groups is 3. The minimum Gasteiger partial charge on any atom is -0.349 e. The average molecular weight is 458 g/mol. The summed E-state index contributed by atoms with van der Waals surface area (Å²) in [6, 6.07) is 21.0. The summed E-state index contributed by atoms with van der Waals surface area (Å²) < 4.78 is 0. The van der Waals surface area contributed by atoms with Crippen LogP contribution in [0.4, 0.5) is 5.69 Å². The topological polar surface area (TPSA) is 78.5 Å². The summed E-state index contributed by atoms with van der Waals surface area (Å²) >= 11 is 0. The van der Waals surface area contributed by atoms with Gasteiger partial charge in [0.05, 0.1) is 12.0 Å². The van der Waals surface area contributed by atoms with Gasteiger partial charge in [0.15, 0.2) is 0 Å². The second-order valence-corrected chi connectivity index (χ2v) is 8.87. The predicted molar refractivity (Wildman–Crippen MR) is 134 cm³/mol. The van der Waals surface area contributed by atoms with Gasteiger partial charge in [0.1, 0.15) is 0 Å². The first kappa shape index (κ1) is 23.5. The number of piperidine rings is 1. The van der Waals surface area contributed by atoms with Gasteiger partial charge in [0.2, 0.25) is 11.8 Å². The van der Waals surface area contributed by atoms with Crippen LogP contribution in [0, 0.1) is 5.92 Å². The van der Waals surface area contributed by atoms with Crippen molar-refractivity contribution in [2.24, 2.45) is 5.92 Å². The van der Waals surface area contributed by atoms with E-state index < -0.39 is 0 Å². The first-order valence-electron chi connectivity index (χ1n) is 11.9. The molecule has 0 aliphatic carbocycles. The number of nitrogens with one attached hydrogen (secondary N) is 2. The molecule has 1 heterocycles. The van der Waals surface area contributed by atoms with Crippen molar-refractivity contribution < 1.29 is 14.4 Å². The third-order valence-electron chi connectivity index (χ3n) is 6.47. The Labute approximate surface area is 200 Å². The highest BCUT2D eigenvalue weighted by Gasteiger charge is 2.30. The van der Waals surface area contributed by atoms with Crippen LogP contribution in [0.5, 0.6) is 0 Å². The quantitative estimate of drug-likeness (QED) is 0.552. The molecule has 6 heteroatoms. The molecule has 2 unspecified atom stereocenters.